The molecule has 4 N–H and O–H groups in total. The first-order chi connectivity index (χ1) is 12.8. The van der Waals surface area contributed by atoms with Crippen LogP contribution in [0, 0.1) is 11.3 Å². The van der Waals surface area contributed by atoms with Gasteiger partial charge in [-0.25, -0.2) is 9.78 Å². The van der Waals surface area contributed by atoms with Gasteiger partial charge in [0.2, 0.25) is 5.95 Å². The molecule has 0 amide bonds. The van der Waals surface area contributed by atoms with Crippen molar-refractivity contribution in [3.05, 3.63) is 22.2 Å². The largest absolute Gasteiger partial charge is 0.493 e. The lowest BCUT2D eigenvalue weighted by Crippen LogP contribution is -2.26. The number of aromatic nitrogens is 2. The second-order valence-electron chi connectivity index (χ2n) is 5.30. The molecule has 0 aliphatic heterocycles. The number of halogens is 1. The number of esters is 1. The van der Waals surface area contributed by atoms with Crippen molar-refractivity contribution < 1.29 is 19.0 Å². The first kappa shape index (κ1) is 20.3. The van der Waals surface area contributed by atoms with Crippen LogP contribution in [0.1, 0.15) is 19.4 Å². The van der Waals surface area contributed by atoms with Crippen molar-refractivity contribution in [3.63, 3.8) is 0 Å². The average molecular weight is 436 g/mol. The highest BCUT2D eigenvalue weighted by Crippen LogP contribution is 2.40. The van der Waals surface area contributed by atoms with E-state index in [0.29, 0.717) is 21.5 Å². The molecule has 0 saturated heterocycles. The van der Waals surface area contributed by atoms with Crippen LogP contribution in [0.5, 0.6) is 11.5 Å². The van der Waals surface area contributed by atoms with Crippen molar-refractivity contribution in [1.82, 2.24) is 9.97 Å². The Bertz CT molecular complexity index is 913. The standard InChI is InChI=1S/C17H18BrN5O4/c1-4-26-16(24)8(2)27-13-6-11(18)9(5-12(13)25-3)14-10(7-19)15(20)23-17(21)22-14/h5-6,8H,4H2,1-3H3,(H4,20,21,22,23). The van der Waals surface area contributed by atoms with Crippen molar-refractivity contribution in [2.24, 2.45) is 0 Å². The highest BCUT2D eigenvalue weighted by molar-refractivity contribution is 9.10. The molecule has 1 unspecified atom stereocenters. The molecule has 0 spiro atoms. The normalized spacial score (nSPS) is 11.4. The number of carbonyl (C=O) groups excluding carboxylic acids is 1. The summed E-state index contributed by atoms with van der Waals surface area (Å²) in [6, 6.07) is 5.16. The van der Waals surface area contributed by atoms with E-state index >= 15 is 0 Å². The molecule has 0 aliphatic carbocycles. The third-order valence-electron chi connectivity index (χ3n) is 3.50. The molecule has 0 bridgehead atoms. The monoisotopic (exact) mass is 435 g/mol. The van der Waals surface area contributed by atoms with Crippen LogP contribution in [0.15, 0.2) is 16.6 Å². The molecular weight excluding hydrogens is 418 g/mol. The Hall–Kier alpha value is -3.06. The lowest BCUT2D eigenvalue weighted by atomic mass is 10.1. The predicted octanol–water partition coefficient (Wildman–Crippen LogP) is 2.28. The number of benzene rings is 1. The molecule has 1 atom stereocenters. The molecule has 0 aliphatic rings. The highest BCUT2D eigenvalue weighted by Gasteiger charge is 2.22. The van der Waals surface area contributed by atoms with E-state index in [1.807, 2.05) is 6.07 Å². The average Bonchev–Trinajstić information content (AvgIpc) is 2.61. The topological polar surface area (TPSA) is 146 Å². The van der Waals surface area contributed by atoms with Gasteiger partial charge < -0.3 is 25.7 Å². The minimum atomic E-state index is -0.836. The number of hydrogen-bond acceptors (Lipinski definition) is 9. The van der Waals surface area contributed by atoms with Crippen LogP contribution < -0.4 is 20.9 Å². The first-order valence-electron chi connectivity index (χ1n) is 7.86. The number of ether oxygens (including phenoxy) is 3. The Balaban J connectivity index is 2.52. The number of nitrogens with zero attached hydrogens (tertiary/aromatic N) is 3. The summed E-state index contributed by atoms with van der Waals surface area (Å²) in [5.74, 6) is 0.0415. The third kappa shape index (κ3) is 4.38. The van der Waals surface area contributed by atoms with Gasteiger partial charge in [-0.15, -0.1) is 0 Å². The minimum absolute atomic E-state index is 0.0258. The van der Waals surface area contributed by atoms with E-state index in [9.17, 15) is 10.1 Å². The molecule has 10 heteroatoms. The lowest BCUT2D eigenvalue weighted by Gasteiger charge is -2.18. The molecule has 142 valence electrons. The molecule has 2 aromatic rings. The van der Waals surface area contributed by atoms with Gasteiger partial charge in [0.05, 0.1) is 19.4 Å². The SMILES string of the molecule is CCOC(=O)C(C)Oc1cc(Br)c(-c2nc(N)nc(N)c2C#N)cc1OC. The van der Waals surface area contributed by atoms with Gasteiger partial charge in [0.15, 0.2) is 17.6 Å². The summed E-state index contributed by atoms with van der Waals surface area (Å²) in [5, 5.41) is 9.38. The molecule has 0 radical (unpaired) electrons. The number of methoxy groups -OCH3 is 1. The summed E-state index contributed by atoms with van der Waals surface area (Å²) in [7, 11) is 1.45. The maximum Gasteiger partial charge on any atom is 0.347 e. The van der Waals surface area contributed by atoms with Crippen LogP contribution in [0.25, 0.3) is 11.3 Å². The van der Waals surface area contributed by atoms with E-state index in [4.69, 9.17) is 25.7 Å². The molecule has 2 rings (SSSR count). The van der Waals surface area contributed by atoms with Crippen LogP contribution in [0.2, 0.25) is 0 Å². The summed E-state index contributed by atoms with van der Waals surface area (Å²) in [6.45, 7) is 3.53. The summed E-state index contributed by atoms with van der Waals surface area (Å²) in [6.07, 6.45) is -0.836. The molecule has 27 heavy (non-hydrogen) atoms. The fourth-order valence-electron chi connectivity index (χ4n) is 2.27. The quantitative estimate of drug-likeness (QED) is 0.651. The number of rotatable bonds is 6. The Morgan fingerprint density at radius 2 is 2.04 bits per heavy atom. The van der Waals surface area contributed by atoms with E-state index < -0.39 is 12.1 Å². The Morgan fingerprint density at radius 1 is 1.33 bits per heavy atom. The fourth-order valence-corrected chi connectivity index (χ4v) is 2.78. The molecule has 1 aromatic carbocycles. The van der Waals surface area contributed by atoms with E-state index in [2.05, 4.69) is 25.9 Å². The lowest BCUT2D eigenvalue weighted by molar-refractivity contribution is -0.150. The van der Waals surface area contributed by atoms with Gasteiger partial charge in [-0.1, -0.05) is 0 Å². The van der Waals surface area contributed by atoms with Gasteiger partial charge in [0.25, 0.3) is 0 Å². The van der Waals surface area contributed by atoms with Crippen LogP contribution in [-0.4, -0.2) is 35.8 Å². The maximum absolute atomic E-state index is 11.8. The van der Waals surface area contributed by atoms with Crippen molar-refractivity contribution in [1.29, 1.82) is 5.26 Å². The zero-order valence-electron chi connectivity index (χ0n) is 14.9. The van der Waals surface area contributed by atoms with Crippen molar-refractivity contribution in [3.8, 4) is 28.8 Å². The zero-order valence-corrected chi connectivity index (χ0v) is 16.5. The Morgan fingerprint density at radius 3 is 2.63 bits per heavy atom. The van der Waals surface area contributed by atoms with Crippen molar-refractivity contribution in [2.75, 3.05) is 25.2 Å². The predicted molar refractivity (Wildman–Crippen MR) is 102 cm³/mol. The van der Waals surface area contributed by atoms with Gasteiger partial charge in [-0.3, -0.25) is 0 Å². The number of nitrogens with two attached hydrogens (primary N) is 2. The third-order valence-corrected chi connectivity index (χ3v) is 4.15. The summed E-state index contributed by atoms with van der Waals surface area (Å²) in [4.78, 5) is 19.7. The number of nitriles is 1. The molecule has 0 saturated carbocycles. The molecule has 1 heterocycles. The smallest absolute Gasteiger partial charge is 0.347 e. The summed E-state index contributed by atoms with van der Waals surface area (Å²) >= 11 is 3.41. The molecule has 0 fully saturated rings. The number of hydrogen-bond donors (Lipinski definition) is 2. The zero-order chi connectivity index (χ0) is 20.1. The Labute approximate surface area is 164 Å². The van der Waals surface area contributed by atoms with Gasteiger partial charge >= 0.3 is 5.97 Å². The van der Waals surface area contributed by atoms with Crippen LogP contribution in [-0.2, 0) is 9.53 Å². The van der Waals surface area contributed by atoms with Gasteiger partial charge in [0, 0.05) is 10.0 Å². The summed E-state index contributed by atoms with van der Waals surface area (Å²) < 4.78 is 16.5. The van der Waals surface area contributed by atoms with E-state index in [1.165, 1.54) is 7.11 Å². The van der Waals surface area contributed by atoms with Crippen LogP contribution in [0.4, 0.5) is 11.8 Å². The van der Waals surface area contributed by atoms with E-state index in [-0.39, 0.29) is 29.6 Å². The van der Waals surface area contributed by atoms with Crippen molar-refractivity contribution in [2.45, 2.75) is 20.0 Å². The van der Waals surface area contributed by atoms with Crippen molar-refractivity contribution >= 4 is 33.7 Å². The second kappa shape index (κ2) is 8.55. The number of nitrogen functional groups attached to an aromatic ring is 2. The van der Waals surface area contributed by atoms with Crippen LogP contribution >= 0.6 is 15.9 Å². The molecule has 1 aromatic heterocycles. The fraction of sp³-hybridized carbons (Fsp3) is 0.294. The summed E-state index contributed by atoms with van der Waals surface area (Å²) in [5.41, 5.74) is 12.3. The molecule has 9 nitrogen and oxygen atoms in total. The van der Waals surface area contributed by atoms with Gasteiger partial charge in [-0.05, 0) is 41.9 Å². The highest BCUT2D eigenvalue weighted by atomic mass is 79.9. The molecular formula is C17H18BrN5O4. The van der Waals surface area contributed by atoms with E-state index in [1.54, 1.807) is 26.0 Å². The van der Waals surface area contributed by atoms with E-state index in [0.717, 1.165) is 0 Å². The number of anilines is 2. The maximum atomic E-state index is 11.8. The second-order valence-corrected chi connectivity index (χ2v) is 6.15. The first-order valence-corrected chi connectivity index (χ1v) is 8.65. The Kier molecular flexibility index (Phi) is 6.41. The minimum Gasteiger partial charge on any atom is -0.493 e. The van der Waals surface area contributed by atoms with Crippen LogP contribution in [0.3, 0.4) is 0 Å². The van der Waals surface area contributed by atoms with Gasteiger partial charge in [0.1, 0.15) is 17.5 Å². The van der Waals surface area contributed by atoms with Gasteiger partial charge in [-0.2, -0.15) is 10.2 Å². The number of carbonyl (C=O) groups is 1.